The van der Waals surface area contributed by atoms with Crippen LogP contribution in [-0.4, -0.2) is 59.4 Å². The molecule has 0 atom stereocenters. The van der Waals surface area contributed by atoms with E-state index < -0.39 is 38.2 Å². The number of nitrogens with zero attached hydrogens (tertiary/aromatic N) is 5. The number of aromatic amines is 1. The van der Waals surface area contributed by atoms with E-state index in [4.69, 9.17) is 0 Å². The highest BCUT2D eigenvalue weighted by atomic mass is 32.2. The quantitative estimate of drug-likeness (QED) is 0.335. The van der Waals surface area contributed by atoms with Crippen molar-refractivity contribution in [3.8, 4) is 11.4 Å². The first kappa shape index (κ1) is 20.8. The third-order valence-corrected chi connectivity index (χ3v) is 6.92. The lowest BCUT2D eigenvalue weighted by Gasteiger charge is -2.10. The number of tetrazole rings is 1. The van der Waals surface area contributed by atoms with Gasteiger partial charge in [0, 0.05) is 18.9 Å². The van der Waals surface area contributed by atoms with E-state index in [1.807, 2.05) is 0 Å². The highest BCUT2D eigenvalue weighted by Crippen LogP contribution is 2.22. The molecule has 4 aromatic rings. The lowest BCUT2D eigenvalue weighted by molar-refractivity contribution is 0.581. The Bertz CT molecular complexity index is 1440. The molecule has 3 aromatic heterocycles. The van der Waals surface area contributed by atoms with Crippen LogP contribution < -0.4 is 9.44 Å². The van der Waals surface area contributed by atoms with Gasteiger partial charge in [-0.05, 0) is 41.6 Å². The normalized spacial score (nSPS) is 12.3. The molecule has 0 fully saturated rings. The Balaban J connectivity index is 1.43. The monoisotopic (exact) mass is 466 g/mol. The first-order valence-electron chi connectivity index (χ1n) is 8.70. The first-order valence-corrected chi connectivity index (χ1v) is 11.8. The first-order chi connectivity index (χ1) is 14.7. The van der Waals surface area contributed by atoms with E-state index >= 15 is 0 Å². The van der Waals surface area contributed by atoms with Crippen molar-refractivity contribution in [2.45, 2.75) is 4.90 Å². The van der Waals surface area contributed by atoms with Gasteiger partial charge in [-0.25, -0.2) is 30.5 Å². The number of aromatic nitrogens is 6. The molecule has 4 rings (SSSR count). The van der Waals surface area contributed by atoms with Crippen LogP contribution in [0.25, 0.3) is 16.9 Å². The van der Waals surface area contributed by atoms with E-state index in [1.54, 1.807) is 29.0 Å². The number of sulfonamides is 2. The average Bonchev–Trinajstić information content (AvgIpc) is 3.39. The van der Waals surface area contributed by atoms with E-state index in [0.717, 1.165) is 18.2 Å². The minimum atomic E-state index is -4.11. The fourth-order valence-electron chi connectivity index (χ4n) is 2.73. The summed E-state index contributed by atoms with van der Waals surface area (Å²) < 4.78 is 69.7. The molecule has 0 aliphatic rings. The van der Waals surface area contributed by atoms with Crippen LogP contribution in [0, 0.1) is 5.82 Å². The number of pyridine rings is 1. The minimum Gasteiger partial charge on any atom is -0.283 e. The molecule has 0 aliphatic carbocycles. The Morgan fingerprint density at radius 1 is 1.10 bits per heavy atom. The predicted molar refractivity (Wildman–Crippen MR) is 107 cm³/mol. The van der Waals surface area contributed by atoms with Crippen LogP contribution in [0.3, 0.4) is 0 Å². The second-order valence-corrected chi connectivity index (χ2v) is 9.92. The third-order valence-electron chi connectivity index (χ3n) is 4.17. The Hall–Kier alpha value is -3.43. The van der Waals surface area contributed by atoms with Crippen LogP contribution in [0.1, 0.15) is 0 Å². The molecule has 3 heterocycles. The fourth-order valence-corrected chi connectivity index (χ4v) is 4.87. The molecule has 3 N–H and O–H groups in total. The van der Waals surface area contributed by atoms with Crippen molar-refractivity contribution in [2.75, 3.05) is 17.0 Å². The lowest BCUT2D eigenvalue weighted by atomic mass is 10.2. The van der Waals surface area contributed by atoms with Gasteiger partial charge in [0.1, 0.15) is 5.82 Å². The zero-order valence-electron chi connectivity index (χ0n) is 15.6. The molecule has 1 aromatic carbocycles. The van der Waals surface area contributed by atoms with Crippen LogP contribution >= 0.6 is 0 Å². The predicted octanol–water partition coefficient (Wildman–Crippen LogP) is 0.374. The van der Waals surface area contributed by atoms with E-state index in [2.05, 4.69) is 35.2 Å². The summed E-state index contributed by atoms with van der Waals surface area (Å²) in [6, 6.07) is 7.86. The summed E-state index contributed by atoms with van der Waals surface area (Å²) in [6.45, 7) is -0.401. The summed E-state index contributed by atoms with van der Waals surface area (Å²) in [4.78, 5) is -0.273. The molecule has 15 heteroatoms. The second kappa shape index (κ2) is 8.01. The molecular formula is C16H15FN8O4S2. The van der Waals surface area contributed by atoms with Crippen molar-refractivity contribution in [1.29, 1.82) is 0 Å². The van der Waals surface area contributed by atoms with Crippen molar-refractivity contribution in [3.63, 3.8) is 0 Å². The summed E-state index contributed by atoms with van der Waals surface area (Å²) in [5, 5.41) is 16.7. The van der Waals surface area contributed by atoms with Crippen LogP contribution in [0.5, 0.6) is 0 Å². The maximum Gasteiger partial charge on any atom is 0.240 e. The Kier molecular flexibility index (Phi) is 5.38. The summed E-state index contributed by atoms with van der Waals surface area (Å²) in [5.41, 5.74) is 0.843. The second-order valence-electron chi connectivity index (χ2n) is 6.31. The van der Waals surface area contributed by atoms with E-state index in [9.17, 15) is 21.2 Å². The average molecular weight is 466 g/mol. The van der Waals surface area contributed by atoms with Crippen LogP contribution in [0.4, 0.5) is 10.1 Å². The Morgan fingerprint density at radius 3 is 2.71 bits per heavy atom. The van der Waals surface area contributed by atoms with Gasteiger partial charge in [-0.3, -0.25) is 4.72 Å². The molecule has 162 valence electrons. The fraction of sp³-hybridized carbons (Fsp3) is 0.125. The molecule has 0 saturated carbocycles. The summed E-state index contributed by atoms with van der Waals surface area (Å²) >= 11 is 0. The van der Waals surface area contributed by atoms with Crippen LogP contribution in [-0.2, 0) is 20.0 Å². The van der Waals surface area contributed by atoms with Crippen LogP contribution in [0.15, 0.2) is 53.7 Å². The van der Waals surface area contributed by atoms with Gasteiger partial charge in [0.25, 0.3) is 0 Å². The number of hydrogen-bond donors (Lipinski definition) is 3. The number of nitrogens with one attached hydrogen (secondary N) is 3. The summed E-state index contributed by atoms with van der Waals surface area (Å²) in [6.07, 6.45) is 3.16. The maximum atomic E-state index is 14.0. The number of rotatable bonds is 8. The standard InChI is InChI=1S/C16H15FN8O4S2/c17-15-2-1-13(10-14(15)16-20-23-24-21-16)31(28,29)19-6-8-30(26,27)22-11-4-7-25-12(9-11)3-5-18-25/h1-5,7,9-10,19,22H,6,8H2,(H,20,21,23,24). The van der Waals surface area contributed by atoms with Gasteiger partial charge in [0.05, 0.1) is 27.4 Å². The summed E-state index contributed by atoms with van der Waals surface area (Å²) in [7, 11) is -7.95. The van der Waals surface area contributed by atoms with E-state index in [1.165, 1.54) is 6.07 Å². The molecule has 0 saturated heterocycles. The summed E-state index contributed by atoms with van der Waals surface area (Å²) in [5.74, 6) is -1.37. The Morgan fingerprint density at radius 2 is 1.94 bits per heavy atom. The number of halogens is 1. The number of H-pyrrole nitrogens is 1. The number of benzene rings is 1. The molecule has 31 heavy (non-hydrogen) atoms. The molecule has 0 radical (unpaired) electrons. The number of hydrogen-bond acceptors (Lipinski definition) is 8. The van der Waals surface area contributed by atoms with E-state index in [0.29, 0.717) is 11.2 Å². The zero-order valence-corrected chi connectivity index (χ0v) is 17.2. The Labute approximate surface area is 175 Å². The topological polar surface area (TPSA) is 164 Å². The van der Waals surface area contributed by atoms with Crippen molar-refractivity contribution in [1.82, 2.24) is 35.0 Å². The minimum absolute atomic E-state index is 0.114. The largest absolute Gasteiger partial charge is 0.283 e. The van der Waals surface area contributed by atoms with Gasteiger partial charge in [-0.1, -0.05) is 0 Å². The van der Waals surface area contributed by atoms with Gasteiger partial charge < -0.3 is 0 Å². The molecule has 0 spiro atoms. The van der Waals surface area contributed by atoms with Gasteiger partial charge >= 0.3 is 0 Å². The van der Waals surface area contributed by atoms with Gasteiger partial charge in [0.15, 0.2) is 0 Å². The lowest BCUT2D eigenvalue weighted by Crippen LogP contribution is -2.31. The molecule has 0 aliphatic heterocycles. The third kappa shape index (κ3) is 4.68. The zero-order chi connectivity index (χ0) is 22.1. The van der Waals surface area contributed by atoms with E-state index in [-0.39, 0.29) is 16.3 Å². The van der Waals surface area contributed by atoms with Crippen molar-refractivity contribution in [2.24, 2.45) is 0 Å². The van der Waals surface area contributed by atoms with Crippen LogP contribution in [0.2, 0.25) is 0 Å². The molecule has 0 bridgehead atoms. The van der Waals surface area contributed by atoms with Crippen molar-refractivity contribution in [3.05, 3.63) is 54.6 Å². The molecule has 12 nitrogen and oxygen atoms in total. The highest BCUT2D eigenvalue weighted by molar-refractivity contribution is 7.92. The van der Waals surface area contributed by atoms with Crippen molar-refractivity contribution < 1.29 is 21.2 Å². The highest BCUT2D eigenvalue weighted by Gasteiger charge is 2.20. The number of anilines is 1. The smallest absolute Gasteiger partial charge is 0.240 e. The SMILES string of the molecule is O=S(=O)(CCNS(=O)(=O)c1ccc(F)c(-c2nn[nH]n2)c1)Nc1ccn2nccc2c1. The van der Waals surface area contributed by atoms with Gasteiger partial charge in [-0.15, -0.1) is 10.2 Å². The molecular weight excluding hydrogens is 451 g/mol. The van der Waals surface area contributed by atoms with Gasteiger partial charge in [-0.2, -0.15) is 10.3 Å². The molecule has 0 unspecified atom stereocenters. The number of fused-ring (bicyclic) bond motifs is 1. The van der Waals surface area contributed by atoms with Crippen molar-refractivity contribution >= 4 is 31.3 Å². The maximum absolute atomic E-state index is 14.0. The van der Waals surface area contributed by atoms with Gasteiger partial charge in [0.2, 0.25) is 25.9 Å². The molecule has 0 amide bonds.